The van der Waals surface area contributed by atoms with Crippen molar-refractivity contribution in [1.82, 2.24) is 14.8 Å². The van der Waals surface area contributed by atoms with Crippen molar-refractivity contribution < 1.29 is 14.3 Å². The van der Waals surface area contributed by atoms with Gasteiger partial charge in [0, 0.05) is 11.7 Å². The molecule has 3 rings (SSSR count). The van der Waals surface area contributed by atoms with Crippen molar-refractivity contribution in [2.75, 3.05) is 5.75 Å². The largest absolute Gasteiger partial charge is 0.481 e. The lowest BCUT2D eigenvalue weighted by Crippen LogP contribution is -2.00. The van der Waals surface area contributed by atoms with E-state index >= 15 is 0 Å². The fraction of sp³-hybridized carbons (Fsp3) is 0.154. The highest BCUT2D eigenvalue weighted by molar-refractivity contribution is 7.99. The Hall–Kier alpha value is -1.93. The molecule has 1 N–H and O–H groups in total. The average molecular weight is 323 g/mol. The summed E-state index contributed by atoms with van der Waals surface area (Å²) in [5.74, 6) is -0.722. The van der Waals surface area contributed by atoms with Gasteiger partial charge in [-0.1, -0.05) is 17.8 Å². The normalized spacial score (nSPS) is 11.1. The predicted octanol–water partition coefficient (Wildman–Crippen LogP) is 3.01. The second-order valence-electron chi connectivity index (χ2n) is 4.32. The zero-order chi connectivity index (χ0) is 15.0. The molecule has 108 valence electrons. The van der Waals surface area contributed by atoms with E-state index in [0.717, 1.165) is 26.7 Å². The second-order valence-corrected chi connectivity index (χ2v) is 6.34. The molecule has 3 aromatic rings. The fourth-order valence-corrected chi connectivity index (χ4v) is 3.49. The molecule has 8 heteroatoms. The van der Waals surface area contributed by atoms with Gasteiger partial charge in [-0.3, -0.25) is 4.79 Å². The third-order valence-electron chi connectivity index (χ3n) is 2.75. The molecule has 0 aliphatic carbocycles. The number of halogens is 1. The SMILES string of the molecule is Cn1nc(-c2cc3ccc(F)cc3s2)nc1SCC(=O)O. The van der Waals surface area contributed by atoms with Gasteiger partial charge in [-0.2, -0.15) is 0 Å². The Labute approximate surface area is 127 Å². The molecule has 0 spiro atoms. The number of rotatable bonds is 4. The summed E-state index contributed by atoms with van der Waals surface area (Å²) in [5, 5.41) is 14.5. The molecule has 0 saturated carbocycles. The molecule has 0 amide bonds. The predicted molar refractivity (Wildman–Crippen MR) is 80.1 cm³/mol. The summed E-state index contributed by atoms with van der Waals surface area (Å²) >= 11 is 2.52. The molecule has 1 aromatic carbocycles. The minimum Gasteiger partial charge on any atom is -0.481 e. The van der Waals surface area contributed by atoms with Crippen LogP contribution < -0.4 is 0 Å². The van der Waals surface area contributed by atoms with Gasteiger partial charge in [-0.05, 0) is 23.6 Å². The van der Waals surface area contributed by atoms with Crippen LogP contribution in [0.1, 0.15) is 0 Å². The summed E-state index contributed by atoms with van der Waals surface area (Å²) in [6, 6.07) is 6.51. The first-order valence-corrected chi connectivity index (χ1v) is 7.78. The van der Waals surface area contributed by atoms with Gasteiger partial charge < -0.3 is 5.11 Å². The first-order chi connectivity index (χ1) is 10.0. The van der Waals surface area contributed by atoms with E-state index in [1.807, 2.05) is 6.07 Å². The maximum atomic E-state index is 13.2. The van der Waals surface area contributed by atoms with Gasteiger partial charge in [-0.15, -0.1) is 16.4 Å². The number of hydrogen-bond donors (Lipinski definition) is 1. The van der Waals surface area contributed by atoms with Crippen LogP contribution in [0.25, 0.3) is 20.8 Å². The second kappa shape index (κ2) is 5.45. The number of hydrogen-bond acceptors (Lipinski definition) is 5. The Morgan fingerprint density at radius 3 is 3.05 bits per heavy atom. The maximum Gasteiger partial charge on any atom is 0.313 e. The van der Waals surface area contributed by atoms with Gasteiger partial charge >= 0.3 is 5.97 Å². The number of benzene rings is 1. The molecule has 0 saturated heterocycles. The number of fused-ring (bicyclic) bond motifs is 1. The Morgan fingerprint density at radius 2 is 2.29 bits per heavy atom. The van der Waals surface area contributed by atoms with E-state index in [9.17, 15) is 9.18 Å². The highest BCUT2D eigenvalue weighted by atomic mass is 32.2. The van der Waals surface area contributed by atoms with Crippen LogP contribution in [-0.2, 0) is 11.8 Å². The number of nitrogens with zero attached hydrogens (tertiary/aromatic N) is 3. The minimum atomic E-state index is -0.901. The van der Waals surface area contributed by atoms with E-state index in [1.165, 1.54) is 23.5 Å². The molecule has 5 nitrogen and oxygen atoms in total. The Kier molecular flexibility index (Phi) is 3.64. The Bertz CT molecular complexity index is 828. The molecule has 0 radical (unpaired) electrons. The fourth-order valence-electron chi connectivity index (χ4n) is 1.84. The van der Waals surface area contributed by atoms with Crippen LogP contribution in [0.4, 0.5) is 4.39 Å². The molecule has 0 aliphatic heterocycles. The summed E-state index contributed by atoms with van der Waals surface area (Å²) < 4.78 is 15.6. The zero-order valence-electron chi connectivity index (χ0n) is 10.9. The van der Waals surface area contributed by atoms with E-state index in [2.05, 4.69) is 10.1 Å². The molecule has 0 bridgehead atoms. The van der Waals surface area contributed by atoms with Gasteiger partial charge in [-0.25, -0.2) is 14.1 Å². The van der Waals surface area contributed by atoms with Gasteiger partial charge in [0.15, 0.2) is 11.0 Å². The van der Waals surface area contributed by atoms with Gasteiger partial charge in [0.25, 0.3) is 0 Å². The van der Waals surface area contributed by atoms with Crippen LogP contribution in [0.5, 0.6) is 0 Å². The number of carboxylic acid groups (broad SMARTS) is 1. The molecular weight excluding hydrogens is 313 g/mol. The van der Waals surface area contributed by atoms with Crippen molar-refractivity contribution in [2.24, 2.45) is 7.05 Å². The number of aromatic nitrogens is 3. The lowest BCUT2D eigenvalue weighted by Gasteiger charge is -1.94. The third-order valence-corrected chi connectivity index (χ3v) is 4.85. The lowest BCUT2D eigenvalue weighted by molar-refractivity contribution is -0.133. The monoisotopic (exact) mass is 323 g/mol. The van der Waals surface area contributed by atoms with Gasteiger partial charge in [0.05, 0.1) is 10.6 Å². The summed E-state index contributed by atoms with van der Waals surface area (Å²) in [5.41, 5.74) is 0. The van der Waals surface area contributed by atoms with Crippen LogP contribution in [0.15, 0.2) is 29.4 Å². The molecule has 21 heavy (non-hydrogen) atoms. The number of carbonyl (C=O) groups is 1. The first kappa shape index (κ1) is 14.0. The van der Waals surface area contributed by atoms with E-state index in [0.29, 0.717) is 11.0 Å². The number of thiophene rings is 1. The van der Waals surface area contributed by atoms with Crippen LogP contribution >= 0.6 is 23.1 Å². The van der Waals surface area contributed by atoms with Crippen molar-refractivity contribution in [3.63, 3.8) is 0 Å². The number of aliphatic carboxylic acids is 1. The first-order valence-electron chi connectivity index (χ1n) is 5.98. The molecular formula is C13H10FN3O2S2. The van der Waals surface area contributed by atoms with Crippen molar-refractivity contribution in [3.8, 4) is 10.7 Å². The van der Waals surface area contributed by atoms with Crippen LogP contribution in [0.3, 0.4) is 0 Å². The van der Waals surface area contributed by atoms with Crippen LogP contribution in [-0.4, -0.2) is 31.6 Å². The molecule has 0 aliphatic rings. The molecule has 2 heterocycles. The van der Waals surface area contributed by atoms with E-state index in [1.54, 1.807) is 17.8 Å². The topological polar surface area (TPSA) is 68.0 Å². The molecule has 0 fully saturated rings. The Balaban J connectivity index is 1.95. The summed E-state index contributed by atoms with van der Waals surface area (Å²) in [7, 11) is 1.72. The zero-order valence-corrected chi connectivity index (χ0v) is 12.5. The highest BCUT2D eigenvalue weighted by Gasteiger charge is 2.13. The number of thioether (sulfide) groups is 1. The van der Waals surface area contributed by atoms with Crippen molar-refractivity contribution in [3.05, 3.63) is 30.1 Å². The maximum absolute atomic E-state index is 13.2. The van der Waals surface area contributed by atoms with E-state index in [4.69, 9.17) is 5.11 Å². The highest BCUT2D eigenvalue weighted by Crippen LogP contribution is 2.33. The van der Waals surface area contributed by atoms with Crippen molar-refractivity contribution >= 4 is 39.2 Å². The summed E-state index contributed by atoms with van der Waals surface area (Å²) in [4.78, 5) is 15.8. The van der Waals surface area contributed by atoms with Crippen LogP contribution in [0, 0.1) is 5.82 Å². The number of carboxylic acids is 1. The number of aryl methyl sites for hydroxylation is 1. The minimum absolute atomic E-state index is 0.0659. The van der Waals surface area contributed by atoms with Crippen LogP contribution in [0.2, 0.25) is 0 Å². The van der Waals surface area contributed by atoms with Gasteiger partial charge in [0.1, 0.15) is 5.82 Å². The quantitative estimate of drug-likeness (QED) is 0.748. The average Bonchev–Trinajstić information content (AvgIpc) is 2.99. The Morgan fingerprint density at radius 1 is 1.48 bits per heavy atom. The third kappa shape index (κ3) is 2.91. The lowest BCUT2D eigenvalue weighted by atomic mass is 10.2. The molecule has 0 atom stereocenters. The molecule has 2 aromatic heterocycles. The molecule has 0 unspecified atom stereocenters. The summed E-state index contributed by atoms with van der Waals surface area (Å²) in [6.07, 6.45) is 0. The standard InChI is InChI=1S/C13H10FN3O2S2/c1-17-13(20-6-11(18)19)15-12(16-17)10-4-7-2-3-8(14)5-9(7)21-10/h2-5H,6H2,1H3,(H,18,19). The van der Waals surface area contributed by atoms with Gasteiger partial charge in [0.2, 0.25) is 0 Å². The smallest absolute Gasteiger partial charge is 0.313 e. The van der Waals surface area contributed by atoms with E-state index in [-0.39, 0.29) is 11.6 Å². The van der Waals surface area contributed by atoms with E-state index < -0.39 is 5.97 Å². The van der Waals surface area contributed by atoms with Crippen molar-refractivity contribution in [2.45, 2.75) is 5.16 Å². The summed E-state index contributed by atoms with van der Waals surface area (Å²) in [6.45, 7) is 0. The van der Waals surface area contributed by atoms with Crippen molar-refractivity contribution in [1.29, 1.82) is 0 Å².